The topological polar surface area (TPSA) is 51.2 Å². The summed E-state index contributed by atoms with van der Waals surface area (Å²) in [7, 11) is 1.13. The first-order valence-corrected chi connectivity index (χ1v) is 5.83. The van der Waals surface area contributed by atoms with Crippen LogP contribution in [-0.4, -0.2) is 18.1 Å². The molecule has 0 spiro atoms. The van der Waals surface area contributed by atoms with Gasteiger partial charge in [0, 0.05) is 12.3 Å². The molecule has 2 aromatic rings. The lowest BCUT2D eigenvalue weighted by Crippen LogP contribution is -2.09. The van der Waals surface area contributed by atoms with E-state index < -0.39 is 17.6 Å². The van der Waals surface area contributed by atoms with Gasteiger partial charge in [0.2, 0.25) is 0 Å². The Morgan fingerprint density at radius 1 is 1.30 bits per heavy atom. The third-order valence-electron chi connectivity index (χ3n) is 2.65. The lowest BCUT2D eigenvalue weighted by Gasteiger charge is -2.09. The van der Waals surface area contributed by atoms with Crippen LogP contribution in [0.3, 0.4) is 0 Å². The number of hydrogen-bond donors (Lipinski definition) is 1. The fourth-order valence-corrected chi connectivity index (χ4v) is 1.64. The van der Waals surface area contributed by atoms with Crippen molar-refractivity contribution in [3.63, 3.8) is 0 Å². The fourth-order valence-electron chi connectivity index (χ4n) is 1.64. The smallest absolute Gasteiger partial charge is 0.340 e. The van der Waals surface area contributed by atoms with E-state index in [1.54, 1.807) is 24.4 Å². The first kappa shape index (κ1) is 13.9. The molecule has 0 fully saturated rings. The summed E-state index contributed by atoms with van der Waals surface area (Å²) in [4.78, 5) is 15.4. The highest BCUT2D eigenvalue weighted by atomic mass is 19.1. The Labute approximate surface area is 114 Å². The molecule has 1 N–H and O–H groups in total. The van der Waals surface area contributed by atoms with E-state index in [4.69, 9.17) is 0 Å². The SMILES string of the molecule is COC(=O)c1cc(NCc2ccccn2)c(F)cc1F. The average molecular weight is 278 g/mol. The lowest BCUT2D eigenvalue weighted by molar-refractivity contribution is 0.0595. The maximum Gasteiger partial charge on any atom is 0.340 e. The Balaban J connectivity index is 2.21. The Kier molecular flexibility index (Phi) is 4.24. The summed E-state index contributed by atoms with van der Waals surface area (Å²) in [6.45, 7) is 0.254. The molecule has 0 aliphatic heterocycles. The third-order valence-corrected chi connectivity index (χ3v) is 2.65. The predicted octanol–water partition coefficient (Wildman–Crippen LogP) is 2.76. The van der Waals surface area contributed by atoms with Gasteiger partial charge < -0.3 is 10.1 Å². The second-order valence-corrected chi connectivity index (χ2v) is 3.98. The van der Waals surface area contributed by atoms with Crippen molar-refractivity contribution in [3.05, 3.63) is 59.4 Å². The molecule has 4 nitrogen and oxygen atoms in total. The molecule has 2 rings (SSSR count). The number of benzene rings is 1. The molecule has 0 saturated heterocycles. The van der Waals surface area contributed by atoms with Crippen LogP contribution < -0.4 is 5.32 Å². The molecule has 20 heavy (non-hydrogen) atoms. The first-order chi connectivity index (χ1) is 9.61. The van der Waals surface area contributed by atoms with Crippen molar-refractivity contribution in [2.45, 2.75) is 6.54 Å². The van der Waals surface area contributed by atoms with Crippen molar-refractivity contribution in [2.24, 2.45) is 0 Å². The standard InChI is InChI=1S/C14H12F2N2O2/c1-20-14(19)10-6-13(12(16)7-11(10)15)18-8-9-4-2-3-5-17-9/h2-7,18H,8H2,1H3. The number of nitrogens with zero attached hydrogens (tertiary/aromatic N) is 1. The van der Waals surface area contributed by atoms with Gasteiger partial charge in [-0.1, -0.05) is 6.07 Å². The van der Waals surface area contributed by atoms with Crippen LogP contribution in [0, 0.1) is 11.6 Å². The van der Waals surface area contributed by atoms with E-state index in [0.29, 0.717) is 11.8 Å². The molecule has 0 radical (unpaired) electrons. The van der Waals surface area contributed by atoms with E-state index in [1.165, 1.54) is 0 Å². The van der Waals surface area contributed by atoms with Crippen LogP contribution in [0.15, 0.2) is 36.5 Å². The van der Waals surface area contributed by atoms with Gasteiger partial charge in [-0.05, 0) is 18.2 Å². The minimum atomic E-state index is -0.960. The summed E-state index contributed by atoms with van der Waals surface area (Å²) >= 11 is 0. The summed E-state index contributed by atoms with van der Waals surface area (Å²) in [5.41, 5.74) is 0.380. The fraction of sp³-hybridized carbons (Fsp3) is 0.143. The zero-order valence-electron chi connectivity index (χ0n) is 10.7. The van der Waals surface area contributed by atoms with Crippen molar-refractivity contribution < 1.29 is 18.3 Å². The van der Waals surface area contributed by atoms with Crippen LogP contribution in [-0.2, 0) is 11.3 Å². The number of carbonyl (C=O) groups is 1. The van der Waals surface area contributed by atoms with Gasteiger partial charge >= 0.3 is 5.97 Å². The first-order valence-electron chi connectivity index (χ1n) is 5.83. The largest absolute Gasteiger partial charge is 0.465 e. The molecule has 1 aromatic carbocycles. The van der Waals surface area contributed by atoms with Crippen LogP contribution in [0.5, 0.6) is 0 Å². The maximum atomic E-state index is 13.6. The molecule has 6 heteroatoms. The van der Waals surface area contributed by atoms with Crippen molar-refractivity contribution in [3.8, 4) is 0 Å². The van der Waals surface area contributed by atoms with Crippen molar-refractivity contribution in [2.75, 3.05) is 12.4 Å². The van der Waals surface area contributed by atoms with Crippen molar-refractivity contribution in [1.29, 1.82) is 0 Å². The van der Waals surface area contributed by atoms with Gasteiger partial charge in [0.05, 0.1) is 30.6 Å². The summed E-state index contributed by atoms with van der Waals surface area (Å²) in [6, 6.07) is 7.05. The van der Waals surface area contributed by atoms with Crippen molar-refractivity contribution >= 4 is 11.7 Å². The molecular formula is C14H12F2N2O2. The van der Waals surface area contributed by atoms with Gasteiger partial charge in [0.1, 0.15) is 11.6 Å². The minimum absolute atomic E-state index is 0.0115. The van der Waals surface area contributed by atoms with E-state index in [0.717, 1.165) is 13.2 Å². The van der Waals surface area contributed by atoms with Gasteiger partial charge in [-0.3, -0.25) is 4.98 Å². The third kappa shape index (κ3) is 3.09. The number of hydrogen-bond acceptors (Lipinski definition) is 4. The molecule has 0 bridgehead atoms. The summed E-state index contributed by atoms with van der Waals surface area (Å²) in [5.74, 6) is -2.60. The predicted molar refractivity (Wildman–Crippen MR) is 69.3 cm³/mol. The number of esters is 1. The molecule has 0 aliphatic rings. The molecule has 0 unspecified atom stereocenters. The maximum absolute atomic E-state index is 13.6. The van der Waals surface area contributed by atoms with E-state index >= 15 is 0 Å². The van der Waals surface area contributed by atoms with Gasteiger partial charge in [-0.2, -0.15) is 0 Å². The highest BCUT2D eigenvalue weighted by Gasteiger charge is 2.16. The molecule has 0 aliphatic carbocycles. The van der Waals surface area contributed by atoms with Crippen LogP contribution in [0.25, 0.3) is 0 Å². The normalized spacial score (nSPS) is 10.2. The molecular weight excluding hydrogens is 266 g/mol. The molecule has 1 heterocycles. The zero-order chi connectivity index (χ0) is 14.5. The summed E-state index contributed by atoms with van der Waals surface area (Å²) < 4.78 is 31.5. The Morgan fingerprint density at radius 2 is 2.10 bits per heavy atom. The van der Waals surface area contributed by atoms with Crippen LogP contribution in [0.2, 0.25) is 0 Å². The monoisotopic (exact) mass is 278 g/mol. The van der Waals surface area contributed by atoms with Gasteiger partial charge in [0.25, 0.3) is 0 Å². The summed E-state index contributed by atoms with van der Waals surface area (Å²) in [5, 5.41) is 2.76. The average Bonchev–Trinajstić information content (AvgIpc) is 2.46. The second-order valence-electron chi connectivity index (χ2n) is 3.98. The molecule has 104 valence electrons. The van der Waals surface area contributed by atoms with E-state index in [9.17, 15) is 13.6 Å². The molecule has 1 aromatic heterocycles. The van der Waals surface area contributed by atoms with E-state index in [-0.39, 0.29) is 17.8 Å². The van der Waals surface area contributed by atoms with Gasteiger partial charge in [0.15, 0.2) is 0 Å². The Bertz CT molecular complexity index is 618. The molecule has 0 saturated carbocycles. The summed E-state index contributed by atoms with van der Waals surface area (Å²) in [6.07, 6.45) is 1.61. The number of halogens is 2. The quantitative estimate of drug-likeness (QED) is 0.874. The molecule has 0 atom stereocenters. The van der Waals surface area contributed by atoms with E-state index in [2.05, 4.69) is 15.0 Å². The highest BCUT2D eigenvalue weighted by Crippen LogP contribution is 2.20. The number of pyridine rings is 1. The number of ether oxygens (including phenoxy) is 1. The molecule has 0 amide bonds. The van der Waals surface area contributed by atoms with Gasteiger partial charge in [-0.15, -0.1) is 0 Å². The zero-order valence-corrected chi connectivity index (χ0v) is 10.7. The number of carbonyl (C=O) groups excluding carboxylic acids is 1. The number of rotatable bonds is 4. The number of methoxy groups -OCH3 is 1. The number of nitrogens with one attached hydrogen (secondary N) is 1. The minimum Gasteiger partial charge on any atom is -0.465 e. The highest BCUT2D eigenvalue weighted by molar-refractivity contribution is 5.90. The number of anilines is 1. The van der Waals surface area contributed by atoms with Crippen LogP contribution >= 0.6 is 0 Å². The Hall–Kier alpha value is -2.50. The van der Waals surface area contributed by atoms with Gasteiger partial charge in [-0.25, -0.2) is 13.6 Å². The van der Waals surface area contributed by atoms with Crippen LogP contribution in [0.4, 0.5) is 14.5 Å². The second kappa shape index (κ2) is 6.10. The lowest BCUT2D eigenvalue weighted by atomic mass is 10.1. The Morgan fingerprint density at radius 3 is 2.75 bits per heavy atom. The van der Waals surface area contributed by atoms with Crippen molar-refractivity contribution in [1.82, 2.24) is 4.98 Å². The van der Waals surface area contributed by atoms with E-state index in [1.807, 2.05) is 0 Å². The number of aromatic nitrogens is 1. The van der Waals surface area contributed by atoms with Crippen LogP contribution in [0.1, 0.15) is 16.1 Å².